The fraction of sp³-hybridized carbons (Fsp3) is 0.600. The van der Waals surface area contributed by atoms with Gasteiger partial charge in [0.1, 0.15) is 0 Å². The average Bonchev–Trinajstić information content (AvgIpc) is 2.86. The third-order valence-electron chi connectivity index (χ3n) is 5.10. The maximum Gasteiger partial charge on any atom is 0.261 e. The highest BCUT2D eigenvalue weighted by Crippen LogP contribution is 2.23. The molecule has 1 aliphatic heterocycles. The van der Waals surface area contributed by atoms with Crippen LogP contribution in [-0.4, -0.2) is 68.0 Å². The summed E-state index contributed by atoms with van der Waals surface area (Å²) >= 11 is 0. The van der Waals surface area contributed by atoms with Crippen molar-refractivity contribution < 1.29 is 18.0 Å². The van der Waals surface area contributed by atoms with Gasteiger partial charge in [-0.15, -0.1) is 0 Å². The van der Waals surface area contributed by atoms with E-state index in [4.69, 9.17) is 0 Å². The van der Waals surface area contributed by atoms with Crippen LogP contribution < -0.4 is 4.72 Å². The third kappa shape index (κ3) is 5.62. The number of nitrogens with zero attached hydrogens (tertiary/aromatic N) is 2. The first kappa shape index (κ1) is 22.5. The van der Waals surface area contributed by atoms with Gasteiger partial charge in [0.05, 0.1) is 16.9 Å². The van der Waals surface area contributed by atoms with Crippen molar-refractivity contribution in [3.63, 3.8) is 0 Å². The Bertz CT molecular complexity index is 819. The fourth-order valence-corrected chi connectivity index (χ4v) is 4.68. The highest BCUT2D eigenvalue weighted by Gasteiger charge is 2.36. The smallest absolute Gasteiger partial charge is 0.261 e. The summed E-state index contributed by atoms with van der Waals surface area (Å²) in [7, 11) is -3.58. The van der Waals surface area contributed by atoms with Gasteiger partial charge >= 0.3 is 0 Å². The molecular formula is C20H31N3O4S. The predicted octanol–water partition coefficient (Wildman–Crippen LogP) is 2.02. The van der Waals surface area contributed by atoms with Gasteiger partial charge in [-0.05, 0) is 58.5 Å². The summed E-state index contributed by atoms with van der Waals surface area (Å²) in [5.41, 5.74) is 1.57. The Kier molecular flexibility index (Phi) is 7.74. The number of aryl methyl sites for hydroxylation is 1. The van der Waals surface area contributed by atoms with Crippen LogP contribution in [0.15, 0.2) is 18.2 Å². The lowest BCUT2D eigenvalue weighted by molar-refractivity contribution is 0.0664. The maximum atomic E-state index is 12.4. The minimum Gasteiger partial charge on any atom is -0.304 e. The Morgan fingerprint density at radius 1 is 1.11 bits per heavy atom. The Morgan fingerprint density at radius 2 is 1.75 bits per heavy atom. The SMILES string of the molecule is CCN(CC)CCCC(C)NS(=O)(=O)CCN1C(=O)c2ccc(C)cc2C1=O. The Morgan fingerprint density at radius 3 is 2.39 bits per heavy atom. The lowest BCUT2D eigenvalue weighted by atomic mass is 10.1. The minimum absolute atomic E-state index is 0.146. The van der Waals surface area contributed by atoms with E-state index in [2.05, 4.69) is 23.5 Å². The Labute approximate surface area is 168 Å². The van der Waals surface area contributed by atoms with Crippen LogP contribution in [0.25, 0.3) is 0 Å². The second kappa shape index (κ2) is 9.62. The number of carbonyl (C=O) groups is 2. The second-order valence-electron chi connectivity index (χ2n) is 7.32. The van der Waals surface area contributed by atoms with E-state index in [1.807, 2.05) is 13.8 Å². The minimum atomic E-state index is -3.58. The second-order valence-corrected chi connectivity index (χ2v) is 9.19. The number of rotatable bonds is 11. The summed E-state index contributed by atoms with van der Waals surface area (Å²) in [6, 6.07) is 4.87. The predicted molar refractivity (Wildman–Crippen MR) is 110 cm³/mol. The molecule has 0 saturated heterocycles. The van der Waals surface area contributed by atoms with E-state index in [0.29, 0.717) is 11.1 Å². The summed E-state index contributed by atoms with van der Waals surface area (Å²) < 4.78 is 27.4. The molecule has 7 nitrogen and oxygen atoms in total. The van der Waals surface area contributed by atoms with Gasteiger partial charge in [0.25, 0.3) is 11.8 Å². The topological polar surface area (TPSA) is 86.8 Å². The van der Waals surface area contributed by atoms with Gasteiger partial charge in [-0.2, -0.15) is 0 Å². The largest absolute Gasteiger partial charge is 0.304 e. The van der Waals surface area contributed by atoms with Crippen molar-refractivity contribution in [3.05, 3.63) is 34.9 Å². The van der Waals surface area contributed by atoms with Gasteiger partial charge in [0, 0.05) is 12.6 Å². The van der Waals surface area contributed by atoms with Crippen LogP contribution in [-0.2, 0) is 10.0 Å². The standard InChI is InChI=1S/C20H31N3O4S/c1-5-22(6-2)11-7-8-16(4)21-28(26,27)13-12-23-19(24)17-10-9-15(3)14-18(17)20(23)25/h9-10,14,16,21H,5-8,11-13H2,1-4H3. The number of amides is 2. The van der Waals surface area contributed by atoms with E-state index in [-0.39, 0.29) is 18.3 Å². The number of hydrogen-bond donors (Lipinski definition) is 1. The first-order valence-electron chi connectivity index (χ1n) is 9.87. The van der Waals surface area contributed by atoms with Gasteiger partial charge in [-0.25, -0.2) is 13.1 Å². The maximum absolute atomic E-state index is 12.4. The van der Waals surface area contributed by atoms with Crippen molar-refractivity contribution in [3.8, 4) is 0 Å². The Hall–Kier alpha value is -1.77. The van der Waals surface area contributed by atoms with E-state index < -0.39 is 21.8 Å². The molecule has 1 N–H and O–H groups in total. The molecule has 1 aromatic carbocycles. The van der Waals surface area contributed by atoms with Crippen LogP contribution in [0, 0.1) is 6.92 Å². The van der Waals surface area contributed by atoms with Crippen LogP contribution in [0.3, 0.4) is 0 Å². The number of nitrogens with one attached hydrogen (secondary N) is 1. The number of hydrogen-bond acceptors (Lipinski definition) is 5. The molecule has 0 fully saturated rings. The Balaban J connectivity index is 1.86. The van der Waals surface area contributed by atoms with Crippen LogP contribution >= 0.6 is 0 Å². The summed E-state index contributed by atoms with van der Waals surface area (Å²) in [6.07, 6.45) is 1.64. The number of imide groups is 1. The molecule has 2 rings (SSSR count). The number of benzene rings is 1. The molecule has 1 heterocycles. The third-order valence-corrected chi connectivity index (χ3v) is 6.58. The molecule has 0 bridgehead atoms. The van der Waals surface area contributed by atoms with Gasteiger partial charge in [0.2, 0.25) is 10.0 Å². The summed E-state index contributed by atoms with van der Waals surface area (Å²) in [4.78, 5) is 28.2. The van der Waals surface area contributed by atoms with Crippen molar-refractivity contribution in [1.29, 1.82) is 0 Å². The van der Waals surface area contributed by atoms with Crippen LogP contribution in [0.5, 0.6) is 0 Å². The van der Waals surface area contributed by atoms with Gasteiger partial charge in [-0.1, -0.05) is 25.5 Å². The summed E-state index contributed by atoms with van der Waals surface area (Å²) in [5.74, 6) is -1.15. The van der Waals surface area contributed by atoms with E-state index >= 15 is 0 Å². The quantitative estimate of drug-likeness (QED) is 0.565. The molecule has 2 amide bonds. The van der Waals surface area contributed by atoms with Crippen LogP contribution in [0.1, 0.15) is 59.9 Å². The van der Waals surface area contributed by atoms with Crippen molar-refractivity contribution in [1.82, 2.24) is 14.5 Å². The zero-order chi connectivity index (χ0) is 20.9. The van der Waals surface area contributed by atoms with Crippen LogP contribution in [0.2, 0.25) is 0 Å². The molecule has 0 saturated carbocycles. The van der Waals surface area contributed by atoms with Gasteiger partial charge in [-0.3, -0.25) is 14.5 Å². The molecule has 0 aromatic heterocycles. The zero-order valence-corrected chi connectivity index (χ0v) is 18.0. The molecule has 0 radical (unpaired) electrons. The lowest BCUT2D eigenvalue weighted by Gasteiger charge is -2.20. The average molecular weight is 410 g/mol. The molecule has 0 spiro atoms. The van der Waals surface area contributed by atoms with Crippen LogP contribution in [0.4, 0.5) is 0 Å². The monoisotopic (exact) mass is 409 g/mol. The lowest BCUT2D eigenvalue weighted by Crippen LogP contribution is -2.40. The molecule has 1 aliphatic rings. The van der Waals surface area contributed by atoms with E-state index in [1.165, 1.54) is 0 Å². The highest BCUT2D eigenvalue weighted by molar-refractivity contribution is 7.89. The normalized spacial score (nSPS) is 15.4. The number of sulfonamides is 1. The molecule has 1 atom stereocenters. The van der Waals surface area contributed by atoms with E-state index in [9.17, 15) is 18.0 Å². The van der Waals surface area contributed by atoms with Crippen molar-refractivity contribution in [2.45, 2.75) is 46.6 Å². The zero-order valence-electron chi connectivity index (χ0n) is 17.2. The molecule has 1 unspecified atom stereocenters. The molecule has 156 valence electrons. The van der Waals surface area contributed by atoms with Crippen molar-refractivity contribution >= 4 is 21.8 Å². The highest BCUT2D eigenvalue weighted by atomic mass is 32.2. The molecular weight excluding hydrogens is 378 g/mol. The van der Waals surface area contributed by atoms with Gasteiger partial charge < -0.3 is 4.90 Å². The molecule has 0 aliphatic carbocycles. The van der Waals surface area contributed by atoms with Crippen molar-refractivity contribution in [2.24, 2.45) is 0 Å². The number of carbonyl (C=O) groups excluding carboxylic acids is 2. The van der Waals surface area contributed by atoms with Crippen molar-refractivity contribution in [2.75, 3.05) is 31.9 Å². The first-order valence-corrected chi connectivity index (χ1v) is 11.5. The summed E-state index contributed by atoms with van der Waals surface area (Å²) in [5, 5.41) is 0. The summed E-state index contributed by atoms with van der Waals surface area (Å²) in [6.45, 7) is 10.7. The van der Waals surface area contributed by atoms with E-state index in [0.717, 1.165) is 42.9 Å². The van der Waals surface area contributed by atoms with E-state index in [1.54, 1.807) is 18.2 Å². The molecule has 28 heavy (non-hydrogen) atoms. The number of fused-ring (bicyclic) bond motifs is 1. The fourth-order valence-electron chi connectivity index (χ4n) is 3.40. The van der Waals surface area contributed by atoms with Gasteiger partial charge in [0.15, 0.2) is 0 Å². The first-order chi connectivity index (χ1) is 13.2. The molecule has 8 heteroatoms. The molecule has 1 aromatic rings.